The van der Waals surface area contributed by atoms with Gasteiger partial charge >= 0.3 is 0 Å². The van der Waals surface area contributed by atoms with Crippen LogP contribution in [0.15, 0.2) is 24.3 Å². The summed E-state index contributed by atoms with van der Waals surface area (Å²) in [5.41, 5.74) is 1.27. The van der Waals surface area contributed by atoms with Crippen LogP contribution in [0.2, 0.25) is 0 Å². The van der Waals surface area contributed by atoms with Crippen LogP contribution in [0.4, 0.5) is 0 Å². The van der Waals surface area contributed by atoms with Gasteiger partial charge in [0.25, 0.3) is 0 Å². The van der Waals surface area contributed by atoms with Crippen LogP contribution in [-0.4, -0.2) is 50.9 Å². The third kappa shape index (κ3) is 7.88. The van der Waals surface area contributed by atoms with Gasteiger partial charge in [-0.25, -0.2) is 0 Å². The minimum absolute atomic E-state index is 0. The predicted molar refractivity (Wildman–Crippen MR) is 91.1 cm³/mol. The summed E-state index contributed by atoms with van der Waals surface area (Å²) in [5.74, 6) is 0.954. The van der Waals surface area contributed by atoms with E-state index in [1.165, 1.54) is 5.56 Å². The van der Waals surface area contributed by atoms with Crippen LogP contribution < -0.4 is 10.1 Å². The summed E-state index contributed by atoms with van der Waals surface area (Å²) in [6.07, 6.45) is 0. The summed E-state index contributed by atoms with van der Waals surface area (Å²) in [7, 11) is 0. The lowest BCUT2D eigenvalue weighted by Gasteiger charge is -2.26. The molecule has 4 nitrogen and oxygen atoms in total. The summed E-state index contributed by atoms with van der Waals surface area (Å²) >= 11 is 0. The molecule has 0 spiro atoms. The first kappa shape index (κ1) is 20.5. The Kier molecular flexibility index (Phi) is 11.8. The topological polar surface area (TPSA) is 33.7 Å². The number of hydrogen-bond donors (Lipinski definition) is 1. The average molecular weight is 337 g/mol. The highest BCUT2D eigenvalue weighted by Crippen LogP contribution is 2.12. The minimum Gasteiger partial charge on any atom is -0.494 e. The highest BCUT2D eigenvalue weighted by atomic mass is 35.5. The smallest absolute Gasteiger partial charge is 0.119 e. The SMILES string of the molecule is CCOc1cccc(CNCCN2CCOCC2)c1.Cl.Cl. The molecule has 0 unspecified atom stereocenters. The second-order valence-corrected chi connectivity index (χ2v) is 4.71. The molecule has 0 radical (unpaired) electrons. The molecule has 1 fully saturated rings. The first-order valence-electron chi connectivity index (χ1n) is 7.11. The third-order valence-corrected chi connectivity index (χ3v) is 3.25. The average Bonchev–Trinajstić information content (AvgIpc) is 2.46. The lowest BCUT2D eigenvalue weighted by molar-refractivity contribution is 0.0384. The highest BCUT2D eigenvalue weighted by molar-refractivity contribution is 5.85. The van der Waals surface area contributed by atoms with Crippen LogP contribution in [0.25, 0.3) is 0 Å². The van der Waals surface area contributed by atoms with Crippen molar-refractivity contribution in [2.75, 3.05) is 46.0 Å². The van der Waals surface area contributed by atoms with E-state index >= 15 is 0 Å². The predicted octanol–water partition coefficient (Wildman–Crippen LogP) is 2.35. The maximum absolute atomic E-state index is 5.50. The molecule has 1 N–H and O–H groups in total. The minimum atomic E-state index is 0. The van der Waals surface area contributed by atoms with Gasteiger partial charge in [-0.2, -0.15) is 0 Å². The van der Waals surface area contributed by atoms with E-state index in [4.69, 9.17) is 9.47 Å². The Hall–Kier alpha value is -0.520. The largest absolute Gasteiger partial charge is 0.494 e. The number of nitrogens with one attached hydrogen (secondary N) is 1. The maximum Gasteiger partial charge on any atom is 0.119 e. The maximum atomic E-state index is 5.50. The molecule has 1 aliphatic rings. The van der Waals surface area contributed by atoms with Crippen LogP contribution in [0.5, 0.6) is 5.75 Å². The van der Waals surface area contributed by atoms with Crippen LogP contribution in [0.1, 0.15) is 12.5 Å². The summed E-state index contributed by atoms with van der Waals surface area (Å²) in [4.78, 5) is 2.44. The number of nitrogens with zero attached hydrogens (tertiary/aromatic N) is 1. The van der Waals surface area contributed by atoms with Gasteiger partial charge in [-0.1, -0.05) is 12.1 Å². The molecule has 1 heterocycles. The van der Waals surface area contributed by atoms with Crippen molar-refractivity contribution in [3.63, 3.8) is 0 Å². The van der Waals surface area contributed by atoms with E-state index < -0.39 is 0 Å². The van der Waals surface area contributed by atoms with Crippen molar-refractivity contribution in [1.29, 1.82) is 0 Å². The molecule has 21 heavy (non-hydrogen) atoms. The standard InChI is InChI=1S/C15H24N2O2.2ClH/c1-2-19-15-5-3-4-14(12-15)13-16-6-7-17-8-10-18-11-9-17;;/h3-5,12,16H,2,6-11,13H2,1H3;2*1H. The molecular weight excluding hydrogens is 311 g/mol. The zero-order valence-electron chi connectivity index (χ0n) is 12.5. The van der Waals surface area contributed by atoms with E-state index in [0.717, 1.165) is 51.7 Å². The Labute approximate surface area is 140 Å². The fraction of sp³-hybridized carbons (Fsp3) is 0.600. The van der Waals surface area contributed by atoms with Gasteiger partial charge in [-0.3, -0.25) is 4.90 Å². The fourth-order valence-corrected chi connectivity index (χ4v) is 2.21. The fourth-order valence-electron chi connectivity index (χ4n) is 2.21. The monoisotopic (exact) mass is 336 g/mol. The quantitative estimate of drug-likeness (QED) is 0.775. The van der Waals surface area contributed by atoms with Crippen LogP contribution >= 0.6 is 24.8 Å². The van der Waals surface area contributed by atoms with Crippen molar-refractivity contribution in [3.05, 3.63) is 29.8 Å². The van der Waals surface area contributed by atoms with Gasteiger partial charge < -0.3 is 14.8 Å². The van der Waals surface area contributed by atoms with Crippen LogP contribution in [-0.2, 0) is 11.3 Å². The van der Waals surface area contributed by atoms with Crippen molar-refractivity contribution in [2.45, 2.75) is 13.5 Å². The van der Waals surface area contributed by atoms with Crippen molar-refractivity contribution in [2.24, 2.45) is 0 Å². The first-order valence-corrected chi connectivity index (χ1v) is 7.11. The van der Waals surface area contributed by atoms with Gasteiger partial charge in [0.1, 0.15) is 5.75 Å². The van der Waals surface area contributed by atoms with Gasteiger partial charge in [0.05, 0.1) is 19.8 Å². The zero-order valence-corrected chi connectivity index (χ0v) is 14.2. The molecule has 1 saturated heterocycles. The number of rotatable bonds is 7. The molecule has 1 aromatic carbocycles. The molecule has 2 rings (SSSR count). The Bertz CT molecular complexity index is 374. The van der Waals surface area contributed by atoms with E-state index in [1.54, 1.807) is 0 Å². The van der Waals surface area contributed by atoms with E-state index in [-0.39, 0.29) is 24.8 Å². The molecule has 0 atom stereocenters. The molecule has 0 saturated carbocycles. The number of hydrogen-bond acceptors (Lipinski definition) is 4. The molecule has 1 aliphatic heterocycles. The number of morpholine rings is 1. The highest BCUT2D eigenvalue weighted by Gasteiger charge is 2.08. The van der Waals surface area contributed by atoms with Crippen molar-refractivity contribution in [1.82, 2.24) is 10.2 Å². The van der Waals surface area contributed by atoms with E-state index in [9.17, 15) is 0 Å². The zero-order chi connectivity index (χ0) is 13.3. The second-order valence-electron chi connectivity index (χ2n) is 4.71. The molecule has 122 valence electrons. The lowest BCUT2D eigenvalue weighted by Crippen LogP contribution is -2.40. The second kappa shape index (κ2) is 12.1. The number of ether oxygens (including phenoxy) is 2. The molecule has 0 bridgehead atoms. The van der Waals surface area contributed by atoms with Gasteiger partial charge in [0, 0.05) is 32.7 Å². The van der Waals surface area contributed by atoms with Crippen molar-refractivity contribution in [3.8, 4) is 5.75 Å². The van der Waals surface area contributed by atoms with Gasteiger partial charge in [-0.15, -0.1) is 24.8 Å². The molecule has 1 aromatic rings. The molecule has 0 aliphatic carbocycles. The third-order valence-electron chi connectivity index (χ3n) is 3.25. The normalized spacial score (nSPS) is 14.9. The Morgan fingerprint density at radius 1 is 1.24 bits per heavy atom. The summed E-state index contributed by atoms with van der Waals surface area (Å²) in [6.45, 7) is 9.58. The van der Waals surface area contributed by atoms with Gasteiger partial charge in [0.15, 0.2) is 0 Å². The van der Waals surface area contributed by atoms with E-state index in [2.05, 4.69) is 22.3 Å². The van der Waals surface area contributed by atoms with Gasteiger partial charge in [0.2, 0.25) is 0 Å². The first-order chi connectivity index (χ1) is 9.38. The molecule has 6 heteroatoms. The van der Waals surface area contributed by atoms with Crippen molar-refractivity contribution < 1.29 is 9.47 Å². The van der Waals surface area contributed by atoms with Gasteiger partial charge in [-0.05, 0) is 24.6 Å². The Morgan fingerprint density at radius 3 is 2.71 bits per heavy atom. The van der Waals surface area contributed by atoms with E-state index in [0.29, 0.717) is 6.61 Å². The number of halogens is 2. The molecule has 0 aromatic heterocycles. The lowest BCUT2D eigenvalue weighted by atomic mass is 10.2. The molecular formula is C15H26Cl2N2O2. The number of benzene rings is 1. The van der Waals surface area contributed by atoms with Crippen LogP contribution in [0.3, 0.4) is 0 Å². The Balaban J connectivity index is 0.00000200. The summed E-state index contributed by atoms with van der Waals surface area (Å²) in [5, 5.41) is 3.48. The van der Waals surface area contributed by atoms with E-state index in [1.807, 2.05) is 19.1 Å². The Morgan fingerprint density at radius 2 is 2.00 bits per heavy atom. The van der Waals surface area contributed by atoms with Crippen molar-refractivity contribution >= 4 is 24.8 Å². The van der Waals surface area contributed by atoms with Crippen LogP contribution in [0, 0.1) is 0 Å². The summed E-state index contributed by atoms with van der Waals surface area (Å²) < 4.78 is 10.8. The summed E-state index contributed by atoms with van der Waals surface area (Å²) in [6, 6.07) is 8.28. The molecule has 0 amide bonds.